The van der Waals surface area contributed by atoms with Crippen molar-refractivity contribution in [3.8, 4) is 0 Å². The molecule has 1 aromatic carbocycles. The standard InChI is InChI=1S/C18H22N6O2/c1-19-16(25)15-5-3-14(4-6-15)13-22-18(26)24-11-9-23(10-12-24)17-20-7-2-8-21-17/h2-8H,9-13H2,1H3,(H,19,25)(H,22,26). The summed E-state index contributed by atoms with van der Waals surface area (Å²) >= 11 is 0. The van der Waals surface area contributed by atoms with Gasteiger partial charge in [-0.05, 0) is 23.8 Å². The number of amides is 3. The van der Waals surface area contributed by atoms with Gasteiger partial charge in [-0.15, -0.1) is 0 Å². The van der Waals surface area contributed by atoms with Crippen LogP contribution in [0.15, 0.2) is 42.7 Å². The first-order valence-corrected chi connectivity index (χ1v) is 8.53. The van der Waals surface area contributed by atoms with E-state index in [4.69, 9.17) is 0 Å². The van der Waals surface area contributed by atoms with Gasteiger partial charge in [-0.2, -0.15) is 0 Å². The van der Waals surface area contributed by atoms with E-state index < -0.39 is 0 Å². The number of carbonyl (C=O) groups excluding carboxylic acids is 2. The van der Waals surface area contributed by atoms with Crippen LogP contribution in [0.25, 0.3) is 0 Å². The van der Waals surface area contributed by atoms with Crippen molar-refractivity contribution in [1.29, 1.82) is 0 Å². The van der Waals surface area contributed by atoms with Gasteiger partial charge in [0.1, 0.15) is 0 Å². The van der Waals surface area contributed by atoms with E-state index in [9.17, 15) is 9.59 Å². The van der Waals surface area contributed by atoms with E-state index in [0.29, 0.717) is 44.2 Å². The summed E-state index contributed by atoms with van der Waals surface area (Å²) in [4.78, 5) is 36.2. The Hall–Kier alpha value is -3.16. The molecule has 1 aromatic heterocycles. The van der Waals surface area contributed by atoms with E-state index in [1.165, 1.54) is 0 Å². The third-order valence-corrected chi connectivity index (χ3v) is 4.29. The average molecular weight is 354 g/mol. The number of urea groups is 1. The highest BCUT2D eigenvalue weighted by Crippen LogP contribution is 2.10. The zero-order valence-electron chi connectivity index (χ0n) is 14.7. The predicted molar refractivity (Wildman–Crippen MR) is 97.9 cm³/mol. The molecule has 0 bridgehead atoms. The van der Waals surface area contributed by atoms with Crippen molar-refractivity contribution in [1.82, 2.24) is 25.5 Å². The topological polar surface area (TPSA) is 90.5 Å². The van der Waals surface area contributed by atoms with Crippen molar-refractivity contribution >= 4 is 17.9 Å². The highest BCUT2D eigenvalue weighted by molar-refractivity contribution is 5.93. The summed E-state index contributed by atoms with van der Waals surface area (Å²) in [5.41, 5.74) is 1.55. The SMILES string of the molecule is CNC(=O)c1ccc(CNC(=O)N2CCN(c3ncccn3)CC2)cc1. The fourth-order valence-corrected chi connectivity index (χ4v) is 2.77. The molecule has 1 saturated heterocycles. The number of nitrogens with zero attached hydrogens (tertiary/aromatic N) is 4. The van der Waals surface area contributed by atoms with Crippen molar-refractivity contribution in [3.05, 3.63) is 53.9 Å². The normalized spacial score (nSPS) is 14.0. The average Bonchev–Trinajstić information content (AvgIpc) is 2.72. The number of benzene rings is 1. The van der Waals surface area contributed by atoms with Crippen LogP contribution < -0.4 is 15.5 Å². The first kappa shape index (κ1) is 17.7. The minimum absolute atomic E-state index is 0.0889. The zero-order chi connectivity index (χ0) is 18.4. The van der Waals surface area contributed by atoms with Gasteiger partial charge in [-0.3, -0.25) is 4.79 Å². The quantitative estimate of drug-likeness (QED) is 0.850. The van der Waals surface area contributed by atoms with Gasteiger partial charge in [0.2, 0.25) is 5.95 Å². The zero-order valence-corrected chi connectivity index (χ0v) is 14.7. The molecule has 26 heavy (non-hydrogen) atoms. The van der Waals surface area contributed by atoms with Gasteiger partial charge in [0.25, 0.3) is 5.91 Å². The summed E-state index contributed by atoms with van der Waals surface area (Å²) in [6.07, 6.45) is 3.44. The molecule has 136 valence electrons. The van der Waals surface area contributed by atoms with Crippen molar-refractivity contribution in [2.45, 2.75) is 6.54 Å². The Labute approximate surface area is 152 Å². The number of nitrogens with one attached hydrogen (secondary N) is 2. The second-order valence-electron chi connectivity index (χ2n) is 5.96. The Morgan fingerprint density at radius 2 is 1.69 bits per heavy atom. The Morgan fingerprint density at radius 1 is 1.04 bits per heavy atom. The molecule has 3 rings (SSSR count). The van der Waals surface area contributed by atoms with Crippen LogP contribution in [-0.4, -0.2) is 60.0 Å². The van der Waals surface area contributed by atoms with Crippen LogP contribution in [0.5, 0.6) is 0 Å². The molecule has 1 aliphatic rings. The molecule has 3 amide bonds. The molecule has 8 nitrogen and oxygen atoms in total. The van der Waals surface area contributed by atoms with Crippen LogP contribution >= 0.6 is 0 Å². The number of carbonyl (C=O) groups is 2. The van der Waals surface area contributed by atoms with Crippen LogP contribution in [-0.2, 0) is 6.54 Å². The number of hydrogen-bond donors (Lipinski definition) is 2. The van der Waals surface area contributed by atoms with E-state index in [1.807, 2.05) is 12.1 Å². The van der Waals surface area contributed by atoms with Gasteiger partial charge in [-0.25, -0.2) is 14.8 Å². The van der Waals surface area contributed by atoms with E-state index in [-0.39, 0.29) is 11.9 Å². The third kappa shape index (κ3) is 4.27. The molecule has 0 radical (unpaired) electrons. The maximum atomic E-state index is 12.3. The lowest BCUT2D eigenvalue weighted by Gasteiger charge is -2.34. The molecule has 0 saturated carbocycles. The molecule has 2 aromatic rings. The minimum atomic E-state index is -0.124. The van der Waals surface area contributed by atoms with E-state index >= 15 is 0 Å². The van der Waals surface area contributed by atoms with Crippen LogP contribution in [0.3, 0.4) is 0 Å². The fourth-order valence-electron chi connectivity index (χ4n) is 2.77. The molecule has 1 fully saturated rings. The van der Waals surface area contributed by atoms with Gasteiger partial charge in [0, 0.05) is 57.7 Å². The summed E-state index contributed by atoms with van der Waals surface area (Å²) < 4.78 is 0. The van der Waals surface area contributed by atoms with Gasteiger partial charge < -0.3 is 20.4 Å². The second-order valence-corrected chi connectivity index (χ2v) is 5.96. The number of hydrogen-bond acceptors (Lipinski definition) is 5. The number of rotatable bonds is 4. The minimum Gasteiger partial charge on any atom is -0.355 e. The van der Waals surface area contributed by atoms with Gasteiger partial charge in [0.05, 0.1) is 0 Å². The second kappa shape index (κ2) is 8.28. The van der Waals surface area contributed by atoms with Crippen molar-refractivity contribution in [2.75, 3.05) is 38.1 Å². The van der Waals surface area contributed by atoms with Gasteiger partial charge in [0.15, 0.2) is 0 Å². The van der Waals surface area contributed by atoms with E-state index in [2.05, 4.69) is 25.5 Å². The lowest BCUT2D eigenvalue weighted by molar-refractivity contribution is 0.0963. The summed E-state index contributed by atoms with van der Waals surface area (Å²) in [7, 11) is 1.60. The fraction of sp³-hybridized carbons (Fsp3) is 0.333. The molecule has 0 spiro atoms. The maximum absolute atomic E-state index is 12.3. The largest absolute Gasteiger partial charge is 0.355 e. The van der Waals surface area contributed by atoms with Crippen LogP contribution in [0, 0.1) is 0 Å². The highest BCUT2D eigenvalue weighted by atomic mass is 16.2. The lowest BCUT2D eigenvalue weighted by Crippen LogP contribution is -2.52. The van der Waals surface area contributed by atoms with Crippen LogP contribution in [0.4, 0.5) is 10.7 Å². The van der Waals surface area contributed by atoms with Crippen LogP contribution in [0.1, 0.15) is 15.9 Å². The Balaban J connectivity index is 1.46. The molecule has 2 heterocycles. The van der Waals surface area contributed by atoms with Crippen molar-refractivity contribution < 1.29 is 9.59 Å². The Bertz CT molecular complexity index is 742. The van der Waals surface area contributed by atoms with E-state index in [1.54, 1.807) is 42.5 Å². The molecule has 0 atom stereocenters. The monoisotopic (exact) mass is 354 g/mol. The summed E-state index contributed by atoms with van der Waals surface area (Å²) in [6, 6.07) is 8.88. The predicted octanol–water partition coefficient (Wildman–Crippen LogP) is 0.868. The van der Waals surface area contributed by atoms with Crippen molar-refractivity contribution in [2.24, 2.45) is 0 Å². The first-order valence-electron chi connectivity index (χ1n) is 8.53. The number of piperazine rings is 1. The molecule has 1 aliphatic heterocycles. The summed E-state index contributed by atoms with van der Waals surface area (Å²) in [5.74, 6) is 0.574. The van der Waals surface area contributed by atoms with Crippen molar-refractivity contribution in [3.63, 3.8) is 0 Å². The first-order chi connectivity index (χ1) is 12.7. The van der Waals surface area contributed by atoms with Crippen LogP contribution in [0.2, 0.25) is 0 Å². The molecule has 2 N–H and O–H groups in total. The number of anilines is 1. The van der Waals surface area contributed by atoms with E-state index in [0.717, 1.165) is 5.56 Å². The lowest BCUT2D eigenvalue weighted by atomic mass is 10.1. The third-order valence-electron chi connectivity index (χ3n) is 4.29. The molecular weight excluding hydrogens is 332 g/mol. The Morgan fingerprint density at radius 3 is 2.31 bits per heavy atom. The smallest absolute Gasteiger partial charge is 0.317 e. The Kier molecular flexibility index (Phi) is 5.62. The molecule has 8 heteroatoms. The number of aromatic nitrogens is 2. The maximum Gasteiger partial charge on any atom is 0.317 e. The highest BCUT2D eigenvalue weighted by Gasteiger charge is 2.22. The molecule has 0 unspecified atom stereocenters. The summed E-state index contributed by atoms with van der Waals surface area (Å²) in [5, 5.41) is 5.50. The molecule has 0 aliphatic carbocycles. The van der Waals surface area contributed by atoms with Gasteiger partial charge >= 0.3 is 6.03 Å². The van der Waals surface area contributed by atoms with Gasteiger partial charge in [-0.1, -0.05) is 12.1 Å². The summed E-state index contributed by atoms with van der Waals surface area (Å²) in [6.45, 7) is 3.09. The molecular formula is C18H22N6O2.